The van der Waals surface area contributed by atoms with E-state index in [1.54, 1.807) is 24.6 Å². The molecule has 0 N–H and O–H groups in total. The van der Waals surface area contributed by atoms with Crippen LogP contribution in [0.1, 0.15) is 16.0 Å². The van der Waals surface area contributed by atoms with E-state index in [1.165, 1.54) is 14.9 Å². The highest BCUT2D eigenvalue weighted by atomic mass is 35.5. The van der Waals surface area contributed by atoms with E-state index in [1.807, 2.05) is 31.2 Å². The predicted molar refractivity (Wildman–Crippen MR) is 142 cm³/mol. The molecule has 2 aromatic carbocycles. The van der Waals surface area contributed by atoms with Crippen molar-refractivity contribution in [2.75, 3.05) is 37.8 Å². The van der Waals surface area contributed by atoms with Gasteiger partial charge in [0.25, 0.3) is 0 Å². The first-order chi connectivity index (χ1) is 17.1. The molecule has 6 nitrogen and oxygen atoms in total. The first-order valence-electron chi connectivity index (χ1n) is 11.4. The number of nitriles is 1. The Kier molecular flexibility index (Phi) is 6.89. The van der Waals surface area contributed by atoms with Crippen LogP contribution in [0.5, 0.6) is 5.75 Å². The quantitative estimate of drug-likeness (QED) is 0.288. The van der Waals surface area contributed by atoms with Crippen LogP contribution in [0.4, 0.5) is 11.4 Å². The molecule has 35 heavy (non-hydrogen) atoms. The number of hydrogen-bond acceptors (Lipinski definition) is 7. The van der Waals surface area contributed by atoms with Gasteiger partial charge >= 0.3 is 0 Å². The van der Waals surface area contributed by atoms with Crippen LogP contribution < -0.4 is 9.16 Å². The second-order valence-electron chi connectivity index (χ2n) is 8.49. The van der Waals surface area contributed by atoms with Gasteiger partial charge in [-0.3, -0.25) is 14.3 Å². The summed E-state index contributed by atoms with van der Waals surface area (Å²) in [7, 11) is 1.63. The molecule has 0 unspecified atom stereocenters. The molecule has 1 saturated heterocycles. The second kappa shape index (κ2) is 10.2. The average Bonchev–Trinajstić information content (AvgIpc) is 3.36. The first-order valence-corrected chi connectivity index (χ1v) is 12.6. The molecule has 0 amide bonds. The Bertz CT molecular complexity index is 1410. The number of ether oxygens (including phenoxy) is 2. The molecule has 0 spiro atoms. The highest BCUT2D eigenvalue weighted by molar-refractivity contribution is 7.10. The smallest absolute Gasteiger partial charge is 0.123 e. The summed E-state index contributed by atoms with van der Waals surface area (Å²) in [6.07, 6.45) is 1.58. The van der Waals surface area contributed by atoms with Crippen molar-refractivity contribution in [3.05, 3.63) is 70.0 Å². The average molecular weight is 505 g/mol. The van der Waals surface area contributed by atoms with Crippen LogP contribution in [0, 0.1) is 18.3 Å². The number of anilines is 2. The topological polar surface area (TPSA) is 61.6 Å². The van der Waals surface area contributed by atoms with Gasteiger partial charge in [-0.25, -0.2) is 0 Å². The Labute approximate surface area is 214 Å². The highest BCUT2D eigenvalue weighted by Crippen LogP contribution is 2.39. The maximum absolute atomic E-state index is 9.78. The van der Waals surface area contributed by atoms with E-state index in [-0.39, 0.29) is 0 Å². The fourth-order valence-electron chi connectivity index (χ4n) is 4.31. The van der Waals surface area contributed by atoms with Crippen molar-refractivity contribution in [1.29, 1.82) is 5.26 Å². The standard InChI is InChI=1S/C27H25ClN4O2S/c1-18-3-5-22(13-26(18)33-2)32(28)27-21(14-29)15-30-25-12-19(4-6-24(25)27)20-11-23(35-17-20)16-31-7-9-34-10-8-31/h3-6,11-13,15,17H,7-10,16H2,1-2H3. The van der Waals surface area contributed by atoms with Crippen LogP contribution >= 0.6 is 23.1 Å². The van der Waals surface area contributed by atoms with Gasteiger partial charge in [-0.2, -0.15) is 5.26 Å². The van der Waals surface area contributed by atoms with E-state index >= 15 is 0 Å². The van der Waals surface area contributed by atoms with E-state index < -0.39 is 0 Å². The molecule has 8 heteroatoms. The van der Waals surface area contributed by atoms with E-state index in [9.17, 15) is 5.26 Å². The molecule has 2 aromatic heterocycles. The van der Waals surface area contributed by atoms with Crippen molar-refractivity contribution in [1.82, 2.24) is 9.88 Å². The van der Waals surface area contributed by atoms with Crippen molar-refractivity contribution in [2.45, 2.75) is 13.5 Å². The van der Waals surface area contributed by atoms with Crippen LogP contribution in [0.25, 0.3) is 22.0 Å². The number of hydrogen-bond donors (Lipinski definition) is 0. The lowest BCUT2D eigenvalue weighted by Crippen LogP contribution is -2.35. The molecule has 0 saturated carbocycles. The molecule has 5 rings (SSSR count). The zero-order valence-corrected chi connectivity index (χ0v) is 21.2. The Morgan fingerprint density at radius 2 is 2.00 bits per heavy atom. The summed E-state index contributed by atoms with van der Waals surface area (Å²) in [5.74, 6) is 0.734. The number of benzene rings is 2. The van der Waals surface area contributed by atoms with Crippen LogP contribution in [0.2, 0.25) is 0 Å². The molecule has 3 heterocycles. The summed E-state index contributed by atoms with van der Waals surface area (Å²) >= 11 is 8.59. The van der Waals surface area contributed by atoms with Gasteiger partial charge in [-0.1, -0.05) is 12.1 Å². The number of pyridine rings is 1. The fraction of sp³-hybridized carbons (Fsp3) is 0.259. The maximum atomic E-state index is 9.78. The lowest BCUT2D eigenvalue weighted by molar-refractivity contribution is 0.0346. The van der Waals surface area contributed by atoms with Crippen molar-refractivity contribution in [3.63, 3.8) is 0 Å². The summed E-state index contributed by atoms with van der Waals surface area (Å²) < 4.78 is 12.4. The first kappa shape index (κ1) is 23.6. The number of halogens is 1. The molecule has 1 aliphatic heterocycles. The van der Waals surface area contributed by atoms with Gasteiger partial charge in [0.15, 0.2) is 0 Å². The van der Waals surface area contributed by atoms with E-state index in [4.69, 9.17) is 21.3 Å². The lowest BCUT2D eigenvalue weighted by atomic mass is 10.0. The molecule has 1 fully saturated rings. The van der Waals surface area contributed by atoms with E-state index in [0.29, 0.717) is 16.9 Å². The van der Waals surface area contributed by atoms with Crippen molar-refractivity contribution in [2.24, 2.45) is 0 Å². The minimum atomic E-state index is 0.406. The number of fused-ring (bicyclic) bond motifs is 1. The predicted octanol–water partition coefficient (Wildman–Crippen LogP) is 6.28. The molecule has 0 bridgehead atoms. The highest BCUT2D eigenvalue weighted by Gasteiger charge is 2.19. The van der Waals surface area contributed by atoms with Crippen LogP contribution in [-0.2, 0) is 11.3 Å². The summed E-state index contributed by atoms with van der Waals surface area (Å²) in [6.45, 7) is 6.46. The lowest BCUT2D eigenvalue weighted by Gasteiger charge is -2.25. The normalized spacial score (nSPS) is 14.1. The molecule has 0 atom stereocenters. The van der Waals surface area contributed by atoms with Gasteiger partial charge < -0.3 is 9.47 Å². The van der Waals surface area contributed by atoms with E-state index in [2.05, 4.69) is 39.5 Å². The zero-order chi connectivity index (χ0) is 24.4. The number of nitrogens with zero attached hydrogens (tertiary/aromatic N) is 4. The number of thiophene rings is 1. The molecular weight excluding hydrogens is 480 g/mol. The van der Waals surface area contributed by atoms with Crippen molar-refractivity contribution < 1.29 is 9.47 Å². The molecule has 1 aliphatic rings. The van der Waals surface area contributed by atoms with Gasteiger partial charge in [0.1, 0.15) is 11.8 Å². The van der Waals surface area contributed by atoms with Gasteiger partial charge in [-0.05, 0) is 53.3 Å². The van der Waals surface area contributed by atoms with Crippen molar-refractivity contribution >= 4 is 45.4 Å². The fourth-order valence-corrected chi connectivity index (χ4v) is 5.53. The largest absolute Gasteiger partial charge is 0.496 e. The van der Waals surface area contributed by atoms with E-state index in [0.717, 1.165) is 60.6 Å². The molecular formula is C27H25ClN4O2S. The van der Waals surface area contributed by atoms with Crippen LogP contribution in [0.3, 0.4) is 0 Å². The zero-order valence-electron chi connectivity index (χ0n) is 19.6. The molecule has 0 aliphatic carbocycles. The number of aromatic nitrogens is 1. The third-order valence-electron chi connectivity index (χ3n) is 6.25. The third kappa shape index (κ3) is 4.84. The minimum absolute atomic E-state index is 0.406. The Morgan fingerprint density at radius 1 is 1.17 bits per heavy atom. The van der Waals surface area contributed by atoms with Gasteiger partial charge in [0.2, 0.25) is 0 Å². The monoisotopic (exact) mass is 504 g/mol. The summed E-state index contributed by atoms with van der Waals surface area (Å²) in [6, 6.07) is 16.3. The van der Waals surface area contributed by atoms with Gasteiger partial charge in [-0.15, -0.1) is 11.3 Å². The van der Waals surface area contributed by atoms with Crippen LogP contribution in [0.15, 0.2) is 54.0 Å². The Balaban J connectivity index is 1.49. The molecule has 4 aromatic rings. The van der Waals surface area contributed by atoms with Gasteiger partial charge in [0, 0.05) is 53.9 Å². The Hall–Kier alpha value is -3.15. The summed E-state index contributed by atoms with van der Waals surface area (Å²) in [5.41, 5.74) is 5.77. The summed E-state index contributed by atoms with van der Waals surface area (Å²) in [4.78, 5) is 8.32. The molecule has 0 radical (unpaired) electrons. The number of aryl methyl sites for hydroxylation is 1. The number of morpholine rings is 1. The van der Waals surface area contributed by atoms with Crippen molar-refractivity contribution in [3.8, 4) is 22.9 Å². The molecule has 178 valence electrons. The number of methoxy groups -OCH3 is 1. The maximum Gasteiger partial charge on any atom is 0.123 e. The van der Waals surface area contributed by atoms with Crippen LogP contribution in [-0.4, -0.2) is 43.3 Å². The van der Waals surface area contributed by atoms with Gasteiger partial charge in [0.05, 0.1) is 42.8 Å². The second-order valence-corrected chi connectivity index (χ2v) is 9.82. The third-order valence-corrected chi connectivity index (χ3v) is 7.53. The summed E-state index contributed by atoms with van der Waals surface area (Å²) in [5, 5.41) is 12.8. The Morgan fingerprint density at radius 3 is 2.77 bits per heavy atom. The number of rotatable bonds is 6. The minimum Gasteiger partial charge on any atom is -0.496 e. The SMILES string of the molecule is COc1cc(N(Cl)c2c(C#N)cnc3cc(-c4csc(CN5CCOCC5)c4)ccc23)ccc1C.